The third-order valence-corrected chi connectivity index (χ3v) is 15.1. The van der Waals surface area contributed by atoms with Gasteiger partial charge in [-0.05, 0) is 181 Å². The number of rotatable bonds is 12. The molecule has 0 N–H and O–H groups in total. The molecule has 0 aliphatic heterocycles. The molecule has 13 rings (SSSR count). The molecule has 0 atom stereocenters. The first-order valence-electron chi connectivity index (χ1n) is 28.1. The lowest BCUT2D eigenvalue weighted by atomic mass is 9.86. The van der Waals surface area contributed by atoms with E-state index in [0.717, 1.165) is 151 Å². The van der Waals surface area contributed by atoms with Crippen LogP contribution >= 0.6 is 0 Å². The number of pyridine rings is 3. The van der Waals surface area contributed by atoms with Gasteiger partial charge in [0.15, 0.2) is 17.5 Å². The van der Waals surface area contributed by atoms with E-state index < -0.39 is 0 Å². The molecule has 84 heavy (non-hydrogen) atoms. The van der Waals surface area contributed by atoms with Gasteiger partial charge in [0.2, 0.25) is 0 Å². The predicted molar refractivity (Wildman–Crippen MR) is 340 cm³/mol. The summed E-state index contributed by atoms with van der Waals surface area (Å²) in [5.41, 5.74) is 27.3. The van der Waals surface area contributed by atoms with Crippen LogP contribution in [0.15, 0.2) is 237 Å². The molecule has 13 aromatic rings. The second-order valence-electron chi connectivity index (χ2n) is 21.4. The lowest BCUT2D eigenvalue weighted by molar-refractivity contribution is 1.06. The number of aryl methyl sites for hydroxylation is 6. The average molecular weight is 1080 g/mol. The average Bonchev–Trinajstić information content (AvgIpc) is 2.44. The minimum atomic E-state index is 0.684. The Kier molecular flexibility index (Phi) is 14.2. The van der Waals surface area contributed by atoms with Gasteiger partial charge < -0.3 is 0 Å². The van der Waals surface area contributed by atoms with Gasteiger partial charge in [0.1, 0.15) is 0 Å². The molecule has 6 heterocycles. The SMILES string of the molecule is Cc1cc(C)nc(-c2ccc(-c3ccc(-c4ccccc4-c4cc(-c5ccccc5-c5ccc(-c6ccc(-c7nc(C)cc(C)n7)cn6)cc5)cc(-c5ccccc5-c5ccc(-c6ccc(-c7nc(C)cc(C)n7)cn6)cc5)c4)cc3)nc2)n1. The van der Waals surface area contributed by atoms with E-state index in [4.69, 9.17) is 15.0 Å². The largest absolute Gasteiger partial charge is 0.255 e. The van der Waals surface area contributed by atoms with Crippen LogP contribution in [0, 0.1) is 41.5 Å². The fourth-order valence-electron chi connectivity index (χ4n) is 11.2. The highest BCUT2D eigenvalue weighted by Gasteiger charge is 2.18. The topological polar surface area (TPSA) is 116 Å². The lowest BCUT2D eigenvalue weighted by Crippen LogP contribution is -1.95. The van der Waals surface area contributed by atoms with Crippen LogP contribution in [0.25, 0.3) is 135 Å². The molecule has 0 saturated carbocycles. The Labute approximate surface area is 489 Å². The van der Waals surface area contributed by atoms with Crippen molar-refractivity contribution in [3.05, 3.63) is 271 Å². The van der Waals surface area contributed by atoms with Crippen molar-refractivity contribution < 1.29 is 0 Å². The highest BCUT2D eigenvalue weighted by molar-refractivity contribution is 5.94. The third-order valence-electron chi connectivity index (χ3n) is 15.1. The third kappa shape index (κ3) is 11.1. The molecule has 0 bridgehead atoms. The second kappa shape index (κ2) is 22.6. The van der Waals surface area contributed by atoms with Gasteiger partial charge in [-0.15, -0.1) is 0 Å². The van der Waals surface area contributed by atoms with E-state index in [1.807, 2.05) is 115 Å². The summed E-state index contributed by atoms with van der Waals surface area (Å²) in [5.74, 6) is 2.05. The van der Waals surface area contributed by atoms with E-state index in [1.165, 1.54) is 0 Å². The van der Waals surface area contributed by atoms with Crippen LogP contribution in [0.2, 0.25) is 0 Å². The zero-order valence-corrected chi connectivity index (χ0v) is 47.5. The molecule has 402 valence electrons. The predicted octanol–water partition coefficient (Wildman–Crippen LogP) is 18.1. The maximum Gasteiger partial charge on any atom is 0.161 e. The molecule has 0 aliphatic carbocycles. The van der Waals surface area contributed by atoms with Gasteiger partial charge in [-0.3, -0.25) is 15.0 Å². The Morgan fingerprint density at radius 2 is 0.393 bits per heavy atom. The quantitative estimate of drug-likeness (QED) is 0.118. The highest BCUT2D eigenvalue weighted by atomic mass is 14.9. The first-order valence-corrected chi connectivity index (χ1v) is 28.1. The second-order valence-corrected chi connectivity index (χ2v) is 21.4. The molecule has 0 fully saturated rings. The fourth-order valence-corrected chi connectivity index (χ4v) is 11.2. The van der Waals surface area contributed by atoms with Gasteiger partial charge >= 0.3 is 0 Å². The van der Waals surface area contributed by atoms with Crippen LogP contribution in [0.5, 0.6) is 0 Å². The van der Waals surface area contributed by atoms with E-state index in [0.29, 0.717) is 17.5 Å². The molecule has 0 amide bonds. The molecule has 6 aromatic heterocycles. The summed E-state index contributed by atoms with van der Waals surface area (Å²) in [6.45, 7) is 11.9. The van der Waals surface area contributed by atoms with Crippen LogP contribution < -0.4 is 0 Å². The standard InChI is InChI=1S/C75H57N9/c1-46-37-47(2)80-73(79-46)58-31-34-70(76-43-58)55-25-19-52(20-26-55)64-13-7-10-16-67(64)61-40-62(68-17-11-8-14-65(68)53-21-27-56(28-22-53)71-35-32-59(44-77-71)74-81-48(3)38-49(4)82-74)42-63(41-61)69-18-12-9-15-66(69)54-23-29-57(30-24-54)72-36-33-60(45-78-72)75-83-50(5)39-51(6)84-75/h7-45H,1-6H3. The van der Waals surface area contributed by atoms with Crippen LogP contribution in [-0.2, 0) is 0 Å². The van der Waals surface area contributed by atoms with Gasteiger partial charge in [0, 0.05) is 86.1 Å². The van der Waals surface area contributed by atoms with Crippen molar-refractivity contribution in [3.63, 3.8) is 0 Å². The van der Waals surface area contributed by atoms with E-state index in [2.05, 4.69) is 194 Å². The molecule has 9 nitrogen and oxygen atoms in total. The Morgan fingerprint density at radius 1 is 0.190 bits per heavy atom. The maximum absolute atomic E-state index is 4.86. The van der Waals surface area contributed by atoms with Gasteiger partial charge in [-0.25, -0.2) is 29.9 Å². The van der Waals surface area contributed by atoms with Gasteiger partial charge in [0.25, 0.3) is 0 Å². The normalized spacial score (nSPS) is 11.2. The van der Waals surface area contributed by atoms with Crippen LogP contribution in [0.4, 0.5) is 0 Å². The summed E-state index contributed by atoms with van der Waals surface area (Å²) >= 11 is 0. The Bertz CT molecular complexity index is 4020. The van der Waals surface area contributed by atoms with Gasteiger partial charge in [-0.1, -0.05) is 146 Å². The Balaban J connectivity index is 0.867. The zero-order valence-electron chi connectivity index (χ0n) is 47.5. The number of hydrogen-bond donors (Lipinski definition) is 0. The first kappa shape index (κ1) is 52.6. The molecule has 9 heteroatoms. The smallest absolute Gasteiger partial charge is 0.161 e. The molecule has 0 unspecified atom stereocenters. The monoisotopic (exact) mass is 1080 g/mol. The van der Waals surface area contributed by atoms with E-state index >= 15 is 0 Å². The molecule has 0 saturated heterocycles. The maximum atomic E-state index is 4.86. The summed E-state index contributed by atoms with van der Waals surface area (Å²) in [5, 5.41) is 0. The van der Waals surface area contributed by atoms with E-state index in [-0.39, 0.29) is 0 Å². The highest BCUT2D eigenvalue weighted by Crippen LogP contribution is 2.43. The molecule has 7 aromatic carbocycles. The van der Waals surface area contributed by atoms with Crippen molar-refractivity contribution in [1.82, 2.24) is 44.9 Å². The van der Waals surface area contributed by atoms with Crippen molar-refractivity contribution in [3.8, 4) is 135 Å². The number of benzene rings is 7. The zero-order chi connectivity index (χ0) is 57.3. The minimum Gasteiger partial charge on any atom is -0.255 e. The summed E-state index contributed by atoms with van der Waals surface area (Å²) in [4.78, 5) is 42.5. The van der Waals surface area contributed by atoms with Crippen LogP contribution in [0.3, 0.4) is 0 Å². The van der Waals surface area contributed by atoms with Crippen LogP contribution in [-0.4, -0.2) is 44.9 Å². The van der Waals surface area contributed by atoms with Crippen molar-refractivity contribution in [2.24, 2.45) is 0 Å². The molecule has 0 spiro atoms. The molecule has 0 aliphatic rings. The van der Waals surface area contributed by atoms with Crippen molar-refractivity contribution in [2.75, 3.05) is 0 Å². The molecule has 0 radical (unpaired) electrons. The number of aromatic nitrogens is 9. The Morgan fingerprint density at radius 3 is 0.607 bits per heavy atom. The summed E-state index contributed by atoms with van der Waals surface area (Å²) in [6, 6.07) is 77.6. The molecular formula is C75H57N9. The minimum absolute atomic E-state index is 0.684. The number of hydrogen-bond acceptors (Lipinski definition) is 9. The van der Waals surface area contributed by atoms with Gasteiger partial charge in [-0.2, -0.15) is 0 Å². The van der Waals surface area contributed by atoms with Crippen molar-refractivity contribution >= 4 is 0 Å². The van der Waals surface area contributed by atoms with Gasteiger partial charge in [0.05, 0.1) is 17.1 Å². The summed E-state index contributed by atoms with van der Waals surface area (Å²) < 4.78 is 0. The van der Waals surface area contributed by atoms with E-state index in [1.54, 1.807) is 0 Å². The molecular weight excluding hydrogens is 1030 g/mol. The van der Waals surface area contributed by atoms with Crippen LogP contribution in [0.1, 0.15) is 34.2 Å². The van der Waals surface area contributed by atoms with Crippen molar-refractivity contribution in [2.45, 2.75) is 41.5 Å². The lowest BCUT2D eigenvalue weighted by Gasteiger charge is -2.18. The van der Waals surface area contributed by atoms with Crippen molar-refractivity contribution in [1.29, 1.82) is 0 Å². The number of nitrogens with zero attached hydrogens (tertiary/aromatic N) is 9. The Hall–Kier alpha value is -10.8. The summed E-state index contributed by atoms with van der Waals surface area (Å²) in [7, 11) is 0. The fraction of sp³-hybridized carbons (Fsp3) is 0.0800. The first-order chi connectivity index (χ1) is 41.0. The van der Waals surface area contributed by atoms with E-state index in [9.17, 15) is 0 Å². The summed E-state index contributed by atoms with van der Waals surface area (Å²) in [6.07, 6.45) is 5.58.